The third kappa shape index (κ3) is 4.31. The Morgan fingerprint density at radius 3 is 3.05 bits per heavy atom. The fraction of sp³-hybridized carbons (Fsp3) is 0.571. The van der Waals surface area contributed by atoms with Crippen LogP contribution in [0.3, 0.4) is 0 Å². The van der Waals surface area contributed by atoms with E-state index in [1.165, 1.54) is 0 Å². The van der Waals surface area contributed by atoms with Gasteiger partial charge < -0.3 is 20.3 Å². The first kappa shape index (κ1) is 15.0. The summed E-state index contributed by atoms with van der Waals surface area (Å²) < 4.78 is 5.55. The number of pyridine rings is 1. The second kappa shape index (κ2) is 7.40. The van der Waals surface area contributed by atoms with Gasteiger partial charge in [-0.25, -0.2) is 4.98 Å². The maximum Gasteiger partial charge on any atom is 0.166 e. The van der Waals surface area contributed by atoms with Crippen LogP contribution in [0.1, 0.15) is 18.4 Å². The fourth-order valence-corrected chi connectivity index (χ4v) is 2.38. The van der Waals surface area contributed by atoms with E-state index in [9.17, 15) is 0 Å². The lowest BCUT2D eigenvalue weighted by atomic mass is 10.2. The number of thiocarbonyl (C=S) groups is 1. The summed E-state index contributed by atoms with van der Waals surface area (Å²) in [6.45, 7) is 2.31. The highest BCUT2D eigenvalue weighted by molar-refractivity contribution is 7.80. The normalized spacial score (nSPS) is 17.8. The van der Waals surface area contributed by atoms with Crippen LogP contribution in [0.5, 0.6) is 0 Å². The first-order chi connectivity index (χ1) is 9.66. The first-order valence-electron chi connectivity index (χ1n) is 6.91. The van der Waals surface area contributed by atoms with Gasteiger partial charge in [0, 0.05) is 45.6 Å². The Labute approximate surface area is 125 Å². The maximum absolute atomic E-state index is 5.55. The second-order valence-corrected chi connectivity index (χ2v) is 5.49. The predicted molar refractivity (Wildman–Crippen MR) is 85.0 cm³/mol. The highest BCUT2D eigenvalue weighted by Crippen LogP contribution is 2.14. The molecule has 1 aromatic heterocycles. The van der Waals surface area contributed by atoms with Gasteiger partial charge in [-0.3, -0.25) is 0 Å². The zero-order valence-corrected chi connectivity index (χ0v) is 12.9. The largest absolute Gasteiger partial charge is 0.376 e. The summed E-state index contributed by atoms with van der Waals surface area (Å²) in [6, 6.07) is 3.99. The van der Waals surface area contributed by atoms with Crippen molar-refractivity contribution in [2.45, 2.75) is 25.5 Å². The minimum absolute atomic E-state index is 0.297. The lowest BCUT2D eigenvalue weighted by Crippen LogP contribution is -2.39. The molecule has 0 unspecified atom stereocenters. The van der Waals surface area contributed by atoms with Crippen molar-refractivity contribution in [3.05, 3.63) is 23.9 Å². The molecule has 1 atom stereocenters. The maximum atomic E-state index is 5.55. The minimum Gasteiger partial charge on any atom is -0.376 e. The van der Waals surface area contributed by atoms with E-state index < -0.39 is 0 Å². The van der Waals surface area contributed by atoms with Crippen molar-refractivity contribution >= 4 is 23.1 Å². The quantitative estimate of drug-likeness (QED) is 0.798. The van der Waals surface area contributed by atoms with Crippen LogP contribution in [-0.4, -0.2) is 43.4 Å². The minimum atomic E-state index is 0.297. The Kier molecular flexibility index (Phi) is 5.55. The molecule has 6 heteroatoms. The van der Waals surface area contributed by atoms with Crippen LogP contribution in [0.2, 0.25) is 0 Å². The van der Waals surface area contributed by atoms with E-state index in [0.29, 0.717) is 17.8 Å². The number of nitrogens with one attached hydrogen (secondary N) is 2. The summed E-state index contributed by atoms with van der Waals surface area (Å²) in [5, 5.41) is 7.08. The van der Waals surface area contributed by atoms with Gasteiger partial charge in [0.25, 0.3) is 0 Å². The van der Waals surface area contributed by atoms with Gasteiger partial charge in [0.05, 0.1) is 6.10 Å². The smallest absolute Gasteiger partial charge is 0.166 e. The van der Waals surface area contributed by atoms with E-state index in [0.717, 1.165) is 37.4 Å². The van der Waals surface area contributed by atoms with E-state index in [4.69, 9.17) is 17.0 Å². The summed E-state index contributed by atoms with van der Waals surface area (Å²) in [5.74, 6) is 0.960. The second-order valence-electron chi connectivity index (χ2n) is 5.08. The molecule has 110 valence electrons. The van der Waals surface area contributed by atoms with Crippen LogP contribution in [0.25, 0.3) is 0 Å². The molecule has 2 heterocycles. The van der Waals surface area contributed by atoms with Crippen molar-refractivity contribution in [3.63, 3.8) is 0 Å². The van der Waals surface area contributed by atoms with Gasteiger partial charge >= 0.3 is 0 Å². The molecule has 0 aliphatic carbocycles. The zero-order chi connectivity index (χ0) is 14.4. The van der Waals surface area contributed by atoms with Gasteiger partial charge in [0.15, 0.2) is 5.11 Å². The number of nitrogens with zero attached hydrogens (tertiary/aromatic N) is 2. The molecular formula is C14H22N4OS. The van der Waals surface area contributed by atoms with E-state index in [1.807, 2.05) is 25.1 Å². The summed E-state index contributed by atoms with van der Waals surface area (Å²) in [7, 11) is 3.97. The molecule has 0 saturated carbocycles. The average molecular weight is 294 g/mol. The van der Waals surface area contributed by atoms with Crippen LogP contribution >= 0.6 is 12.2 Å². The molecule has 1 aromatic rings. The Morgan fingerprint density at radius 2 is 2.35 bits per heavy atom. The first-order valence-corrected chi connectivity index (χ1v) is 7.32. The third-order valence-electron chi connectivity index (χ3n) is 3.24. The Hall–Kier alpha value is -1.40. The van der Waals surface area contributed by atoms with Crippen molar-refractivity contribution in [3.8, 4) is 0 Å². The van der Waals surface area contributed by atoms with E-state index in [1.54, 1.807) is 6.20 Å². The number of rotatable bonds is 5. The Balaban J connectivity index is 1.78. The molecule has 2 N–H and O–H groups in total. The lowest BCUT2D eigenvalue weighted by molar-refractivity contribution is 0.114. The van der Waals surface area contributed by atoms with E-state index in [2.05, 4.69) is 21.7 Å². The molecule has 20 heavy (non-hydrogen) atoms. The van der Waals surface area contributed by atoms with Crippen LogP contribution in [0.15, 0.2) is 18.3 Å². The molecule has 1 fully saturated rings. The monoisotopic (exact) mass is 294 g/mol. The number of ether oxygens (including phenoxy) is 1. The van der Waals surface area contributed by atoms with Gasteiger partial charge in [-0.15, -0.1) is 0 Å². The highest BCUT2D eigenvalue weighted by atomic mass is 32.1. The summed E-state index contributed by atoms with van der Waals surface area (Å²) in [6.07, 6.45) is 4.36. The molecule has 1 aliphatic rings. The zero-order valence-electron chi connectivity index (χ0n) is 12.1. The number of hydrogen-bond acceptors (Lipinski definition) is 4. The van der Waals surface area contributed by atoms with Crippen molar-refractivity contribution in [2.24, 2.45) is 0 Å². The third-order valence-corrected chi connectivity index (χ3v) is 3.53. The van der Waals surface area contributed by atoms with Crippen LogP contribution < -0.4 is 15.5 Å². The van der Waals surface area contributed by atoms with Crippen molar-refractivity contribution < 1.29 is 4.74 Å². The molecule has 0 radical (unpaired) electrons. The summed E-state index contributed by atoms with van der Waals surface area (Å²) >= 11 is 5.28. The molecule has 1 aliphatic heterocycles. The summed E-state index contributed by atoms with van der Waals surface area (Å²) in [4.78, 5) is 6.37. The highest BCUT2D eigenvalue weighted by Gasteiger charge is 2.15. The van der Waals surface area contributed by atoms with Crippen LogP contribution in [-0.2, 0) is 11.3 Å². The van der Waals surface area contributed by atoms with Gasteiger partial charge in [-0.05, 0) is 31.1 Å². The van der Waals surface area contributed by atoms with Crippen molar-refractivity contribution in [1.29, 1.82) is 0 Å². The standard InChI is InChI=1S/C14H22N4OS/c1-18(2)13-11(5-3-7-15-13)9-16-14(20)17-10-12-6-4-8-19-12/h3,5,7,12H,4,6,8-10H2,1-2H3,(H2,16,17,20)/t12-/m1/s1. The summed E-state index contributed by atoms with van der Waals surface area (Å²) in [5.41, 5.74) is 1.12. The van der Waals surface area contributed by atoms with Crippen LogP contribution in [0.4, 0.5) is 5.82 Å². The Morgan fingerprint density at radius 1 is 1.50 bits per heavy atom. The topological polar surface area (TPSA) is 49.4 Å². The van der Waals surface area contributed by atoms with E-state index in [-0.39, 0.29) is 0 Å². The molecule has 0 amide bonds. The van der Waals surface area contributed by atoms with Crippen molar-refractivity contribution in [2.75, 3.05) is 32.1 Å². The molecule has 0 aromatic carbocycles. The predicted octanol–water partition coefficient (Wildman–Crippen LogP) is 1.29. The fourth-order valence-electron chi connectivity index (χ4n) is 2.22. The number of hydrogen-bond donors (Lipinski definition) is 2. The number of aromatic nitrogens is 1. The SMILES string of the molecule is CN(C)c1ncccc1CNC(=S)NC[C@H]1CCCO1. The average Bonchev–Trinajstić information content (AvgIpc) is 2.96. The van der Waals surface area contributed by atoms with Crippen LogP contribution in [0, 0.1) is 0 Å². The van der Waals surface area contributed by atoms with Gasteiger partial charge in [0.1, 0.15) is 5.82 Å². The van der Waals surface area contributed by atoms with Gasteiger partial charge in [0.2, 0.25) is 0 Å². The molecule has 0 bridgehead atoms. The number of anilines is 1. The molecular weight excluding hydrogens is 272 g/mol. The lowest BCUT2D eigenvalue weighted by Gasteiger charge is -2.17. The van der Waals surface area contributed by atoms with Gasteiger partial charge in [-0.1, -0.05) is 6.07 Å². The Bertz CT molecular complexity index is 447. The molecule has 0 spiro atoms. The van der Waals surface area contributed by atoms with Gasteiger partial charge in [-0.2, -0.15) is 0 Å². The van der Waals surface area contributed by atoms with E-state index >= 15 is 0 Å². The van der Waals surface area contributed by atoms with Crippen molar-refractivity contribution in [1.82, 2.24) is 15.6 Å². The molecule has 2 rings (SSSR count). The molecule has 1 saturated heterocycles. The molecule has 5 nitrogen and oxygen atoms in total.